The molecule has 144 valence electrons. The summed E-state index contributed by atoms with van der Waals surface area (Å²) in [4.78, 5) is 16.8. The minimum Gasteiger partial charge on any atom is -0.494 e. The lowest BCUT2D eigenvalue weighted by atomic mass is 10.2. The molecule has 0 spiro atoms. The van der Waals surface area contributed by atoms with Crippen LogP contribution >= 0.6 is 11.6 Å². The number of rotatable bonds is 6. The molecule has 1 aliphatic rings. The molecule has 0 aromatic heterocycles. The topological polar surface area (TPSA) is 32.8 Å². The van der Waals surface area contributed by atoms with Crippen LogP contribution in [0.1, 0.15) is 24.0 Å². The number of aryl methyl sites for hydroxylation is 2. The van der Waals surface area contributed by atoms with Crippen LogP contribution in [0, 0.1) is 13.8 Å². The van der Waals surface area contributed by atoms with Gasteiger partial charge in [-0.3, -0.25) is 4.79 Å². The molecule has 2 aromatic carbocycles. The third-order valence-electron chi connectivity index (χ3n) is 4.93. The molecular formula is C22H27ClN2O2. The molecule has 0 N–H and O–H groups in total. The van der Waals surface area contributed by atoms with Gasteiger partial charge < -0.3 is 14.5 Å². The summed E-state index contributed by atoms with van der Waals surface area (Å²) in [6.07, 6.45) is 1.25. The third kappa shape index (κ3) is 5.39. The zero-order valence-corrected chi connectivity index (χ0v) is 16.8. The predicted octanol–water partition coefficient (Wildman–Crippen LogP) is 4.46. The Kier molecular flexibility index (Phi) is 6.62. The average Bonchev–Trinajstić information content (AvgIpc) is 2.68. The van der Waals surface area contributed by atoms with Crippen LogP contribution in [0.25, 0.3) is 0 Å². The van der Waals surface area contributed by atoms with Gasteiger partial charge in [0.2, 0.25) is 5.91 Å². The Labute approximate surface area is 166 Å². The second-order valence-corrected chi connectivity index (χ2v) is 7.48. The fourth-order valence-corrected chi connectivity index (χ4v) is 3.43. The number of nitrogens with zero attached hydrogens (tertiary/aromatic N) is 2. The highest BCUT2D eigenvalue weighted by atomic mass is 35.5. The summed E-state index contributed by atoms with van der Waals surface area (Å²) in [5.74, 6) is 1.02. The maximum atomic E-state index is 12.4. The molecule has 2 aromatic rings. The van der Waals surface area contributed by atoms with E-state index in [-0.39, 0.29) is 5.91 Å². The SMILES string of the molecule is Cc1cccc(N2CCN(C(=O)CCCOc3ccc(Cl)c(C)c3)CC2)c1. The number of amides is 1. The van der Waals surface area contributed by atoms with Crippen molar-refractivity contribution in [2.45, 2.75) is 26.7 Å². The Balaban J connectivity index is 1.38. The standard InChI is InChI=1S/C22H27ClN2O2/c1-17-5-3-6-19(15-17)24-10-12-25(13-11-24)22(26)7-4-14-27-20-8-9-21(23)18(2)16-20/h3,5-6,8-9,15-16H,4,7,10-14H2,1-2H3. The summed E-state index contributed by atoms with van der Waals surface area (Å²) in [6, 6.07) is 14.2. The van der Waals surface area contributed by atoms with Crippen LogP contribution in [0.4, 0.5) is 5.69 Å². The molecule has 3 rings (SSSR count). The molecule has 0 bridgehead atoms. The lowest BCUT2D eigenvalue weighted by molar-refractivity contribution is -0.131. The normalized spacial score (nSPS) is 14.3. The van der Waals surface area contributed by atoms with Crippen LogP contribution in [0.15, 0.2) is 42.5 Å². The van der Waals surface area contributed by atoms with Crippen molar-refractivity contribution < 1.29 is 9.53 Å². The van der Waals surface area contributed by atoms with Gasteiger partial charge in [-0.05, 0) is 61.7 Å². The fraction of sp³-hybridized carbons (Fsp3) is 0.409. The van der Waals surface area contributed by atoms with Crippen molar-refractivity contribution in [3.63, 3.8) is 0 Å². The van der Waals surface area contributed by atoms with Gasteiger partial charge in [0, 0.05) is 43.3 Å². The van der Waals surface area contributed by atoms with E-state index in [0.29, 0.717) is 13.0 Å². The number of carbonyl (C=O) groups excluding carboxylic acids is 1. The van der Waals surface area contributed by atoms with Gasteiger partial charge in [0.15, 0.2) is 0 Å². The fourth-order valence-electron chi connectivity index (χ4n) is 3.32. The lowest BCUT2D eigenvalue weighted by Crippen LogP contribution is -2.48. The quantitative estimate of drug-likeness (QED) is 0.687. The molecule has 27 heavy (non-hydrogen) atoms. The summed E-state index contributed by atoms with van der Waals surface area (Å²) in [5, 5.41) is 0.738. The molecule has 1 heterocycles. The molecule has 0 saturated carbocycles. The Bertz CT molecular complexity index is 786. The van der Waals surface area contributed by atoms with Crippen LogP contribution in [0.3, 0.4) is 0 Å². The number of piperazine rings is 1. The number of carbonyl (C=O) groups is 1. The molecule has 0 atom stereocenters. The third-order valence-corrected chi connectivity index (χ3v) is 5.36. The van der Waals surface area contributed by atoms with Gasteiger partial charge >= 0.3 is 0 Å². The predicted molar refractivity (Wildman–Crippen MR) is 111 cm³/mol. The van der Waals surface area contributed by atoms with Gasteiger partial charge in [0.1, 0.15) is 5.75 Å². The van der Waals surface area contributed by atoms with Gasteiger partial charge in [-0.1, -0.05) is 23.7 Å². The van der Waals surface area contributed by atoms with Crippen molar-refractivity contribution >= 4 is 23.2 Å². The number of hydrogen-bond donors (Lipinski definition) is 0. The first kappa shape index (κ1) is 19.6. The average molecular weight is 387 g/mol. The summed E-state index contributed by atoms with van der Waals surface area (Å²) in [5.41, 5.74) is 3.51. The van der Waals surface area contributed by atoms with E-state index >= 15 is 0 Å². The van der Waals surface area contributed by atoms with Crippen molar-refractivity contribution in [2.75, 3.05) is 37.7 Å². The van der Waals surface area contributed by atoms with Crippen LogP contribution in [-0.4, -0.2) is 43.6 Å². The van der Waals surface area contributed by atoms with E-state index in [2.05, 4.69) is 36.1 Å². The van der Waals surface area contributed by atoms with Gasteiger partial charge in [0.05, 0.1) is 6.61 Å². The highest BCUT2D eigenvalue weighted by Crippen LogP contribution is 2.21. The molecule has 5 heteroatoms. The zero-order chi connectivity index (χ0) is 19.2. The Hall–Kier alpha value is -2.20. The lowest BCUT2D eigenvalue weighted by Gasteiger charge is -2.36. The minimum atomic E-state index is 0.217. The monoisotopic (exact) mass is 386 g/mol. The van der Waals surface area contributed by atoms with Crippen LogP contribution in [0.5, 0.6) is 5.75 Å². The number of hydrogen-bond acceptors (Lipinski definition) is 3. The molecule has 0 aliphatic carbocycles. The smallest absolute Gasteiger partial charge is 0.222 e. The molecule has 1 fully saturated rings. The molecule has 1 saturated heterocycles. The van der Waals surface area contributed by atoms with E-state index in [1.807, 2.05) is 30.0 Å². The number of benzene rings is 2. The molecule has 0 radical (unpaired) electrons. The van der Waals surface area contributed by atoms with Crippen molar-refractivity contribution in [3.8, 4) is 5.75 Å². The largest absolute Gasteiger partial charge is 0.494 e. The Morgan fingerprint density at radius 3 is 2.56 bits per heavy atom. The summed E-state index contributed by atoms with van der Waals surface area (Å²) < 4.78 is 5.73. The van der Waals surface area contributed by atoms with E-state index in [4.69, 9.17) is 16.3 Å². The molecule has 1 amide bonds. The minimum absolute atomic E-state index is 0.217. The van der Waals surface area contributed by atoms with E-state index in [9.17, 15) is 4.79 Å². The Morgan fingerprint density at radius 1 is 1.07 bits per heavy atom. The highest BCUT2D eigenvalue weighted by molar-refractivity contribution is 6.31. The maximum absolute atomic E-state index is 12.4. The van der Waals surface area contributed by atoms with Gasteiger partial charge in [-0.15, -0.1) is 0 Å². The van der Waals surface area contributed by atoms with Crippen LogP contribution < -0.4 is 9.64 Å². The first-order valence-electron chi connectivity index (χ1n) is 9.51. The zero-order valence-electron chi connectivity index (χ0n) is 16.1. The van der Waals surface area contributed by atoms with E-state index in [0.717, 1.165) is 48.9 Å². The molecular weight excluding hydrogens is 360 g/mol. The van der Waals surface area contributed by atoms with Crippen molar-refractivity contribution in [2.24, 2.45) is 0 Å². The number of ether oxygens (including phenoxy) is 1. The number of halogens is 1. The van der Waals surface area contributed by atoms with Crippen molar-refractivity contribution in [1.82, 2.24) is 4.90 Å². The van der Waals surface area contributed by atoms with Crippen LogP contribution in [-0.2, 0) is 4.79 Å². The first-order valence-corrected chi connectivity index (χ1v) is 9.89. The summed E-state index contributed by atoms with van der Waals surface area (Å²) in [7, 11) is 0. The maximum Gasteiger partial charge on any atom is 0.222 e. The Morgan fingerprint density at radius 2 is 1.85 bits per heavy atom. The molecule has 1 aliphatic heterocycles. The summed E-state index contributed by atoms with van der Waals surface area (Å²) in [6.45, 7) is 7.93. The second kappa shape index (κ2) is 9.14. The van der Waals surface area contributed by atoms with Gasteiger partial charge in [0.25, 0.3) is 0 Å². The van der Waals surface area contributed by atoms with Gasteiger partial charge in [-0.25, -0.2) is 0 Å². The van der Waals surface area contributed by atoms with Crippen LogP contribution in [0.2, 0.25) is 5.02 Å². The second-order valence-electron chi connectivity index (χ2n) is 7.07. The first-order chi connectivity index (χ1) is 13.0. The molecule has 0 unspecified atom stereocenters. The van der Waals surface area contributed by atoms with E-state index in [1.165, 1.54) is 11.3 Å². The van der Waals surface area contributed by atoms with Crippen molar-refractivity contribution in [1.29, 1.82) is 0 Å². The van der Waals surface area contributed by atoms with E-state index < -0.39 is 0 Å². The van der Waals surface area contributed by atoms with Gasteiger partial charge in [-0.2, -0.15) is 0 Å². The summed E-state index contributed by atoms with van der Waals surface area (Å²) >= 11 is 6.02. The number of anilines is 1. The highest BCUT2D eigenvalue weighted by Gasteiger charge is 2.20. The molecule has 4 nitrogen and oxygen atoms in total. The van der Waals surface area contributed by atoms with E-state index in [1.54, 1.807) is 0 Å². The van der Waals surface area contributed by atoms with Crippen molar-refractivity contribution in [3.05, 3.63) is 58.6 Å².